The second-order valence-corrected chi connectivity index (χ2v) is 10.2. The van der Waals surface area contributed by atoms with Crippen molar-refractivity contribution in [3.8, 4) is 0 Å². The minimum Gasteiger partial charge on any atom is -0.368 e. The number of aromatic nitrogens is 2. The fraction of sp³-hybridized carbons (Fsp3) is 0.391. The summed E-state index contributed by atoms with van der Waals surface area (Å²) >= 11 is 6.19. The Kier molecular flexibility index (Phi) is 6.55. The van der Waals surface area contributed by atoms with Crippen molar-refractivity contribution in [2.45, 2.75) is 25.7 Å². The molecule has 2 heterocycles. The lowest BCUT2D eigenvalue weighted by atomic mass is 10.1. The monoisotopic (exact) mass is 473 g/mol. The smallest absolute Gasteiger partial charge is 0.243 e. The lowest BCUT2D eigenvalue weighted by Gasteiger charge is -2.37. The molecule has 1 aromatic heterocycles. The van der Waals surface area contributed by atoms with Crippen molar-refractivity contribution in [3.63, 3.8) is 0 Å². The first kappa shape index (κ1) is 22.8. The number of hydrogen-bond acceptors (Lipinski definition) is 6. The lowest BCUT2D eigenvalue weighted by molar-refractivity contribution is 0.445. The highest BCUT2D eigenvalue weighted by atomic mass is 35.5. The van der Waals surface area contributed by atoms with Crippen molar-refractivity contribution in [1.29, 1.82) is 0 Å². The molecule has 0 amide bonds. The maximum absolute atomic E-state index is 12.8. The van der Waals surface area contributed by atoms with E-state index < -0.39 is 10.0 Å². The first-order valence-corrected chi connectivity index (χ1v) is 12.7. The van der Waals surface area contributed by atoms with E-state index in [9.17, 15) is 8.42 Å². The van der Waals surface area contributed by atoms with Gasteiger partial charge in [0.15, 0.2) is 0 Å². The Balaban J connectivity index is 1.52. The number of aryl methyl sites for hydroxylation is 1. The van der Waals surface area contributed by atoms with E-state index in [1.54, 1.807) is 24.4 Å². The Labute approximate surface area is 194 Å². The molecule has 1 aliphatic heterocycles. The van der Waals surface area contributed by atoms with Gasteiger partial charge in [0.25, 0.3) is 0 Å². The number of anilines is 2. The van der Waals surface area contributed by atoms with Gasteiger partial charge < -0.3 is 9.80 Å². The predicted octanol–water partition coefficient (Wildman–Crippen LogP) is 3.95. The fourth-order valence-electron chi connectivity index (χ4n) is 4.11. The summed E-state index contributed by atoms with van der Waals surface area (Å²) in [5, 5.41) is 0.746. The number of halogens is 1. The zero-order chi connectivity index (χ0) is 22.9. The Bertz CT molecular complexity index is 1220. The lowest BCUT2D eigenvalue weighted by Crippen LogP contribution is -2.47. The molecule has 1 fully saturated rings. The largest absolute Gasteiger partial charge is 0.368 e. The Hall–Kier alpha value is -2.42. The summed E-state index contributed by atoms with van der Waals surface area (Å²) in [7, 11) is -3.52. The molecule has 0 saturated carbocycles. The SMILES string of the molecule is CCN(CC)S(=O)(=O)c1ccc2nc(N3CCN(c4cc(Cl)ccc4C)CC3)cnc2c1. The molecule has 32 heavy (non-hydrogen) atoms. The third-order valence-corrected chi connectivity index (χ3v) is 8.24. The molecule has 0 atom stereocenters. The number of nitrogens with zero attached hydrogens (tertiary/aromatic N) is 5. The Morgan fingerprint density at radius 3 is 2.34 bits per heavy atom. The van der Waals surface area contributed by atoms with Gasteiger partial charge in [-0.1, -0.05) is 31.5 Å². The summed E-state index contributed by atoms with van der Waals surface area (Å²) in [6.07, 6.45) is 1.73. The van der Waals surface area contributed by atoms with E-state index in [1.807, 2.05) is 32.0 Å². The summed E-state index contributed by atoms with van der Waals surface area (Å²) in [6.45, 7) is 10.0. The molecule has 2 aromatic carbocycles. The first-order chi connectivity index (χ1) is 15.3. The van der Waals surface area contributed by atoms with Gasteiger partial charge in [0, 0.05) is 50.0 Å². The third kappa shape index (κ3) is 4.40. The van der Waals surface area contributed by atoms with Crippen molar-refractivity contribution in [1.82, 2.24) is 14.3 Å². The maximum Gasteiger partial charge on any atom is 0.243 e. The van der Waals surface area contributed by atoms with Gasteiger partial charge in [0.1, 0.15) is 5.82 Å². The van der Waals surface area contributed by atoms with E-state index in [0.29, 0.717) is 24.1 Å². The molecule has 0 spiro atoms. The second-order valence-electron chi connectivity index (χ2n) is 7.87. The van der Waals surface area contributed by atoms with E-state index >= 15 is 0 Å². The molecule has 170 valence electrons. The summed E-state index contributed by atoms with van der Waals surface area (Å²) in [5.74, 6) is 0.805. The van der Waals surface area contributed by atoms with Gasteiger partial charge in [0.2, 0.25) is 10.0 Å². The van der Waals surface area contributed by atoms with E-state index in [1.165, 1.54) is 15.6 Å². The molecular weight excluding hydrogens is 446 g/mol. The molecule has 7 nitrogen and oxygen atoms in total. The van der Waals surface area contributed by atoms with E-state index in [0.717, 1.165) is 37.0 Å². The van der Waals surface area contributed by atoms with E-state index in [4.69, 9.17) is 16.6 Å². The van der Waals surface area contributed by atoms with Crippen molar-refractivity contribution in [2.24, 2.45) is 0 Å². The minimum absolute atomic E-state index is 0.251. The quantitative estimate of drug-likeness (QED) is 0.540. The van der Waals surface area contributed by atoms with Gasteiger partial charge in [-0.3, -0.25) is 4.98 Å². The van der Waals surface area contributed by atoms with Crippen molar-refractivity contribution in [2.75, 3.05) is 49.1 Å². The van der Waals surface area contributed by atoms with Gasteiger partial charge in [-0.25, -0.2) is 13.4 Å². The van der Waals surface area contributed by atoms with Crippen LogP contribution in [0, 0.1) is 6.92 Å². The van der Waals surface area contributed by atoms with Crippen LogP contribution in [0.25, 0.3) is 11.0 Å². The highest BCUT2D eigenvalue weighted by Crippen LogP contribution is 2.27. The molecule has 0 unspecified atom stereocenters. The van der Waals surface area contributed by atoms with Crippen LogP contribution in [0.5, 0.6) is 0 Å². The molecule has 4 rings (SSSR count). The van der Waals surface area contributed by atoms with Gasteiger partial charge in [0.05, 0.1) is 22.1 Å². The minimum atomic E-state index is -3.52. The van der Waals surface area contributed by atoms with Crippen molar-refractivity contribution in [3.05, 3.63) is 53.2 Å². The molecule has 1 saturated heterocycles. The summed E-state index contributed by atoms with van der Waals surface area (Å²) in [6, 6.07) is 11.0. The summed E-state index contributed by atoms with van der Waals surface area (Å²) in [5.41, 5.74) is 3.65. The average molecular weight is 474 g/mol. The van der Waals surface area contributed by atoms with Crippen LogP contribution in [0.2, 0.25) is 5.02 Å². The normalized spacial score (nSPS) is 15.0. The summed E-state index contributed by atoms with van der Waals surface area (Å²) in [4.78, 5) is 14.1. The first-order valence-electron chi connectivity index (χ1n) is 10.9. The number of piperazine rings is 1. The maximum atomic E-state index is 12.8. The topological polar surface area (TPSA) is 69.6 Å². The number of sulfonamides is 1. The highest BCUT2D eigenvalue weighted by molar-refractivity contribution is 7.89. The third-order valence-electron chi connectivity index (χ3n) is 5.96. The number of rotatable bonds is 6. The Morgan fingerprint density at radius 1 is 0.969 bits per heavy atom. The van der Waals surface area contributed by atoms with Gasteiger partial charge in [-0.05, 0) is 42.8 Å². The number of hydrogen-bond donors (Lipinski definition) is 0. The molecule has 9 heteroatoms. The second kappa shape index (κ2) is 9.21. The van der Waals surface area contributed by atoms with Crippen LogP contribution in [-0.2, 0) is 10.0 Å². The molecule has 0 bridgehead atoms. The highest BCUT2D eigenvalue weighted by Gasteiger charge is 2.23. The van der Waals surface area contributed by atoms with Crippen molar-refractivity contribution < 1.29 is 8.42 Å². The van der Waals surface area contributed by atoms with Crippen LogP contribution in [-0.4, -0.2) is 62.0 Å². The summed E-state index contributed by atoms with van der Waals surface area (Å²) < 4.78 is 27.0. The molecule has 1 aliphatic rings. The van der Waals surface area contributed by atoms with Gasteiger partial charge in [-0.2, -0.15) is 4.31 Å². The van der Waals surface area contributed by atoms with Crippen LogP contribution in [0.3, 0.4) is 0 Å². The molecule has 3 aromatic rings. The molecule has 0 aliphatic carbocycles. The number of fused-ring (bicyclic) bond motifs is 1. The zero-order valence-electron chi connectivity index (χ0n) is 18.6. The van der Waals surface area contributed by atoms with Crippen LogP contribution < -0.4 is 9.80 Å². The number of benzene rings is 2. The van der Waals surface area contributed by atoms with Gasteiger partial charge in [-0.15, -0.1) is 0 Å². The van der Waals surface area contributed by atoms with E-state index in [-0.39, 0.29) is 4.90 Å². The van der Waals surface area contributed by atoms with Crippen LogP contribution in [0.1, 0.15) is 19.4 Å². The fourth-order valence-corrected chi connectivity index (χ4v) is 5.75. The zero-order valence-corrected chi connectivity index (χ0v) is 20.2. The Morgan fingerprint density at radius 2 is 1.66 bits per heavy atom. The van der Waals surface area contributed by atoms with E-state index in [2.05, 4.69) is 21.7 Å². The molecule has 0 N–H and O–H groups in total. The van der Waals surface area contributed by atoms with Gasteiger partial charge >= 0.3 is 0 Å². The molecule has 0 radical (unpaired) electrons. The molecular formula is C23H28ClN5O2S. The van der Waals surface area contributed by atoms with Crippen LogP contribution in [0.4, 0.5) is 11.5 Å². The van der Waals surface area contributed by atoms with Crippen LogP contribution >= 0.6 is 11.6 Å². The van der Waals surface area contributed by atoms with Crippen molar-refractivity contribution >= 4 is 44.2 Å². The standard InChI is InChI=1S/C23H28ClN5O2S/c1-4-29(5-2)32(30,31)19-8-9-20-21(15-19)25-16-23(26-20)28-12-10-27(11-13-28)22-14-18(24)7-6-17(22)3/h6-9,14-16H,4-5,10-13H2,1-3H3. The average Bonchev–Trinajstić information content (AvgIpc) is 2.80. The predicted molar refractivity (Wildman–Crippen MR) is 130 cm³/mol. The van der Waals surface area contributed by atoms with Crippen LogP contribution in [0.15, 0.2) is 47.5 Å².